The second kappa shape index (κ2) is 12.3. The number of hydrogen-bond acceptors (Lipinski definition) is 5. The first-order valence-electron chi connectivity index (χ1n) is 12.8. The van der Waals surface area contributed by atoms with Crippen LogP contribution >= 0.6 is 0 Å². The number of nitrogens with zero attached hydrogens (tertiary/aromatic N) is 5. The molecular formula is C31H31F3N6. The van der Waals surface area contributed by atoms with Crippen LogP contribution in [0.2, 0.25) is 0 Å². The van der Waals surface area contributed by atoms with Crippen molar-refractivity contribution in [1.82, 2.24) is 20.0 Å². The minimum atomic E-state index is -4.53. The van der Waals surface area contributed by atoms with Crippen molar-refractivity contribution in [2.24, 2.45) is 10.7 Å². The molecule has 2 heterocycles. The molecule has 3 aromatic rings. The summed E-state index contributed by atoms with van der Waals surface area (Å²) in [4.78, 5) is 8.44. The lowest BCUT2D eigenvalue weighted by molar-refractivity contribution is -0.138. The molecule has 1 saturated heterocycles. The number of fused-ring (bicyclic) bond motifs is 1. The second-order valence-electron chi connectivity index (χ2n) is 9.81. The Balaban J connectivity index is 1.58. The van der Waals surface area contributed by atoms with Gasteiger partial charge in [-0.1, -0.05) is 55.5 Å². The van der Waals surface area contributed by atoms with Crippen LogP contribution < -0.4 is 5.73 Å². The maximum Gasteiger partial charge on any atom is 0.416 e. The third kappa shape index (κ3) is 7.23. The fourth-order valence-electron chi connectivity index (χ4n) is 4.32. The number of likely N-dealkylation sites (N-methyl/N-ethyl adjacent to an activating group) is 1. The maximum atomic E-state index is 14.0. The molecule has 0 atom stereocenters. The highest BCUT2D eigenvalue weighted by molar-refractivity contribution is 5.98. The van der Waals surface area contributed by atoms with E-state index in [1.54, 1.807) is 25.3 Å². The average Bonchev–Trinajstić information content (AvgIpc) is 2.91. The van der Waals surface area contributed by atoms with Gasteiger partial charge in [-0.3, -0.25) is 4.90 Å². The van der Waals surface area contributed by atoms with Crippen LogP contribution in [-0.2, 0) is 12.7 Å². The largest absolute Gasteiger partial charge is 0.416 e. The molecule has 2 aromatic carbocycles. The molecule has 0 amide bonds. The third-order valence-corrected chi connectivity index (χ3v) is 6.62. The molecule has 0 saturated carbocycles. The number of allylic oxidation sites excluding steroid dienone is 3. The highest BCUT2D eigenvalue weighted by atomic mass is 19.4. The van der Waals surface area contributed by atoms with E-state index in [0.717, 1.165) is 29.9 Å². The van der Waals surface area contributed by atoms with Crippen LogP contribution in [0.15, 0.2) is 89.7 Å². The van der Waals surface area contributed by atoms with Gasteiger partial charge < -0.3 is 10.6 Å². The van der Waals surface area contributed by atoms with Crippen molar-refractivity contribution in [3.8, 4) is 11.8 Å². The van der Waals surface area contributed by atoms with Crippen molar-refractivity contribution in [1.29, 1.82) is 0 Å². The van der Waals surface area contributed by atoms with E-state index in [9.17, 15) is 13.2 Å². The van der Waals surface area contributed by atoms with Gasteiger partial charge >= 0.3 is 6.18 Å². The average molecular weight is 545 g/mol. The van der Waals surface area contributed by atoms with E-state index in [1.165, 1.54) is 6.07 Å². The van der Waals surface area contributed by atoms with Crippen LogP contribution in [0.5, 0.6) is 0 Å². The Morgan fingerprint density at radius 3 is 2.55 bits per heavy atom. The van der Waals surface area contributed by atoms with Gasteiger partial charge in [0.2, 0.25) is 0 Å². The summed E-state index contributed by atoms with van der Waals surface area (Å²) in [6.07, 6.45) is -1.27. The molecule has 1 aliphatic rings. The summed E-state index contributed by atoms with van der Waals surface area (Å²) in [5.74, 6) is 5.97. The predicted octanol–water partition coefficient (Wildman–Crippen LogP) is 5.17. The Labute approximate surface area is 232 Å². The Bertz CT molecular complexity index is 1550. The van der Waals surface area contributed by atoms with Gasteiger partial charge in [-0.25, -0.2) is 4.99 Å². The molecule has 40 heavy (non-hydrogen) atoms. The first-order valence-corrected chi connectivity index (χ1v) is 12.8. The summed E-state index contributed by atoms with van der Waals surface area (Å²) >= 11 is 0. The standard InChI is InChI=1S/C31H31F3N6/c1-21(2)23(11-12-29-27-8-6-5-7-25(27)19-36-38-29)17-22(3)37-30(35)24-9-10-26(28(18-24)31(32,33)34)20-40-15-13-39(4)14-16-40/h5-10,17-19H,1,3,13-16,20H2,2,4H3,(H2,35,37). The van der Waals surface area contributed by atoms with E-state index in [0.29, 0.717) is 29.9 Å². The molecule has 2 N–H and O–H groups in total. The topological polar surface area (TPSA) is 70.6 Å². The number of amidine groups is 1. The minimum Gasteiger partial charge on any atom is -0.383 e. The van der Waals surface area contributed by atoms with Gasteiger partial charge in [-0.2, -0.15) is 18.3 Å². The molecule has 0 aliphatic carbocycles. The third-order valence-electron chi connectivity index (χ3n) is 6.62. The summed E-state index contributed by atoms with van der Waals surface area (Å²) in [6.45, 7) is 12.9. The molecule has 206 valence electrons. The Morgan fingerprint density at radius 1 is 1.12 bits per heavy atom. The number of benzene rings is 2. The van der Waals surface area contributed by atoms with E-state index in [-0.39, 0.29) is 29.2 Å². The highest BCUT2D eigenvalue weighted by Gasteiger charge is 2.34. The lowest BCUT2D eigenvalue weighted by atomic mass is 10.0. The molecule has 9 heteroatoms. The fourth-order valence-corrected chi connectivity index (χ4v) is 4.32. The van der Waals surface area contributed by atoms with Crippen molar-refractivity contribution in [3.05, 3.63) is 107 Å². The zero-order valence-corrected chi connectivity index (χ0v) is 22.6. The molecule has 0 unspecified atom stereocenters. The summed E-state index contributed by atoms with van der Waals surface area (Å²) < 4.78 is 42.0. The quantitative estimate of drug-likeness (QED) is 0.201. The van der Waals surface area contributed by atoms with E-state index >= 15 is 0 Å². The Kier molecular flexibility index (Phi) is 8.83. The van der Waals surface area contributed by atoms with Gasteiger partial charge in [0.1, 0.15) is 11.5 Å². The van der Waals surface area contributed by atoms with E-state index in [2.05, 4.69) is 45.1 Å². The molecule has 0 spiro atoms. The zero-order chi connectivity index (χ0) is 28.9. The maximum absolute atomic E-state index is 14.0. The van der Waals surface area contributed by atoms with Gasteiger partial charge in [-0.15, -0.1) is 5.10 Å². The number of nitrogens with two attached hydrogens (primary N) is 1. The number of piperazine rings is 1. The summed E-state index contributed by atoms with van der Waals surface area (Å²) in [7, 11) is 2.00. The molecule has 1 aliphatic heterocycles. The monoisotopic (exact) mass is 544 g/mol. The van der Waals surface area contributed by atoms with Crippen molar-refractivity contribution >= 4 is 16.6 Å². The fraction of sp³-hybridized carbons (Fsp3) is 0.258. The molecular weight excluding hydrogens is 513 g/mol. The smallest absolute Gasteiger partial charge is 0.383 e. The van der Waals surface area contributed by atoms with Gasteiger partial charge in [0, 0.05) is 54.6 Å². The van der Waals surface area contributed by atoms with E-state index in [1.807, 2.05) is 36.2 Å². The summed E-state index contributed by atoms with van der Waals surface area (Å²) in [6, 6.07) is 11.7. The van der Waals surface area contributed by atoms with E-state index < -0.39 is 11.7 Å². The molecule has 1 fully saturated rings. The highest BCUT2D eigenvalue weighted by Crippen LogP contribution is 2.33. The first kappa shape index (κ1) is 28.7. The van der Waals surface area contributed by atoms with Crippen LogP contribution in [0.3, 0.4) is 0 Å². The number of aromatic nitrogens is 2. The van der Waals surface area contributed by atoms with Gasteiger partial charge in [-0.05, 0) is 43.2 Å². The van der Waals surface area contributed by atoms with Crippen molar-refractivity contribution in [2.75, 3.05) is 33.2 Å². The van der Waals surface area contributed by atoms with Crippen LogP contribution in [0, 0.1) is 11.8 Å². The zero-order valence-electron chi connectivity index (χ0n) is 22.6. The minimum absolute atomic E-state index is 0.0770. The summed E-state index contributed by atoms with van der Waals surface area (Å²) in [5, 5.41) is 9.91. The van der Waals surface area contributed by atoms with Gasteiger partial charge in [0.25, 0.3) is 0 Å². The predicted molar refractivity (Wildman–Crippen MR) is 153 cm³/mol. The van der Waals surface area contributed by atoms with Gasteiger partial charge in [0.05, 0.1) is 17.5 Å². The van der Waals surface area contributed by atoms with Crippen molar-refractivity contribution in [2.45, 2.75) is 19.6 Å². The molecule has 0 bridgehead atoms. The first-order chi connectivity index (χ1) is 19.0. The number of rotatable bonds is 6. The molecule has 0 radical (unpaired) electrons. The van der Waals surface area contributed by atoms with Crippen LogP contribution in [0.4, 0.5) is 13.2 Å². The van der Waals surface area contributed by atoms with Crippen molar-refractivity contribution in [3.63, 3.8) is 0 Å². The molecule has 1 aromatic heterocycles. The Morgan fingerprint density at radius 2 is 1.85 bits per heavy atom. The molecule has 6 nitrogen and oxygen atoms in total. The van der Waals surface area contributed by atoms with Crippen LogP contribution in [0.1, 0.15) is 29.3 Å². The summed E-state index contributed by atoms with van der Waals surface area (Å²) in [5.41, 5.74) is 7.73. The number of halogens is 3. The Hall–Kier alpha value is -4.26. The van der Waals surface area contributed by atoms with Gasteiger partial charge in [0.15, 0.2) is 0 Å². The number of aliphatic imine (C=N–C) groups is 1. The normalized spacial score (nSPS) is 15.5. The lowest BCUT2D eigenvalue weighted by Crippen LogP contribution is -2.44. The number of hydrogen-bond donors (Lipinski definition) is 1. The molecule has 4 rings (SSSR count). The van der Waals surface area contributed by atoms with E-state index in [4.69, 9.17) is 5.73 Å². The van der Waals surface area contributed by atoms with Crippen molar-refractivity contribution < 1.29 is 13.2 Å². The SMILES string of the molecule is C=C(C=C(C#Cc1nncc2ccccc12)C(=C)C)N=C(N)c1ccc(CN2CCN(C)CC2)c(C(F)(F)F)c1. The lowest BCUT2D eigenvalue weighted by Gasteiger charge is -2.33. The van der Waals surface area contributed by atoms with Crippen LogP contribution in [-0.4, -0.2) is 59.1 Å². The number of alkyl halides is 3. The van der Waals surface area contributed by atoms with Crippen LogP contribution in [0.25, 0.3) is 10.8 Å². The second-order valence-corrected chi connectivity index (χ2v) is 9.81.